The number of aromatic nitrogens is 4. The van der Waals surface area contributed by atoms with Gasteiger partial charge in [0.15, 0.2) is 0 Å². The Morgan fingerprint density at radius 2 is 1.97 bits per heavy atom. The molecule has 14 heteroatoms. The predicted molar refractivity (Wildman–Crippen MR) is 97.3 cm³/mol. The molecule has 2 aromatic heterocycles. The van der Waals surface area contributed by atoms with E-state index < -0.39 is 43.0 Å². The van der Waals surface area contributed by atoms with E-state index in [9.17, 15) is 26.4 Å². The van der Waals surface area contributed by atoms with Gasteiger partial charge in [-0.1, -0.05) is 0 Å². The van der Waals surface area contributed by atoms with Gasteiger partial charge in [0.2, 0.25) is 0 Å². The average molecular weight is 491 g/mol. The summed E-state index contributed by atoms with van der Waals surface area (Å²) in [4.78, 5) is 11.7. The van der Waals surface area contributed by atoms with E-state index in [1.54, 1.807) is 24.0 Å². The second kappa shape index (κ2) is 7.56. The van der Waals surface area contributed by atoms with Crippen LogP contribution >= 0.6 is 0 Å². The van der Waals surface area contributed by atoms with Crippen molar-refractivity contribution in [3.63, 3.8) is 0 Å². The van der Waals surface area contributed by atoms with Crippen LogP contribution in [0.5, 0.6) is 5.75 Å². The molecule has 3 rings (SSSR count). The molecule has 3 aromatic rings. The summed E-state index contributed by atoms with van der Waals surface area (Å²) in [5, 5.41) is 8.34. The van der Waals surface area contributed by atoms with E-state index in [-0.39, 0.29) is 11.4 Å². The first-order valence-corrected chi connectivity index (χ1v) is 11.2. The Morgan fingerprint density at radius 3 is 2.55 bits per heavy atom. The Hall–Kier alpha value is -2.79. The average Bonchev–Trinajstić information content (AvgIpc) is 3.20. The van der Waals surface area contributed by atoms with Crippen molar-refractivity contribution in [1.82, 2.24) is 19.6 Å². The van der Waals surface area contributed by atoms with E-state index in [4.69, 9.17) is 5.73 Å². The summed E-state index contributed by atoms with van der Waals surface area (Å²) in [6, 6.07) is 6.63. The van der Waals surface area contributed by atoms with Gasteiger partial charge >= 0.3 is 169 Å². The Balaban J connectivity index is 1.95. The summed E-state index contributed by atoms with van der Waals surface area (Å²) in [6.45, 7) is 0. The third-order valence-electron chi connectivity index (χ3n) is 3.50. The van der Waals surface area contributed by atoms with Crippen molar-refractivity contribution in [2.24, 2.45) is 12.8 Å². The molecule has 2 heterocycles. The van der Waals surface area contributed by atoms with Crippen molar-refractivity contribution in [2.45, 2.75) is 5.51 Å². The molecule has 0 aliphatic carbocycles. The number of hydrogen-bond donors (Lipinski definition) is 1. The Morgan fingerprint density at radius 1 is 1.24 bits per heavy atom. The van der Waals surface area contributed by atoms with Crippen molar-refractivity contribution in [3.8, 4) is 11.4 Å². The van der Waals surface area contributed by atoms with Crippen LogP contribution < -0.4 is 18.7 Å². The zero-order chi connectivity index (χ0) is 21.4. The van der Waals surface area contributed by atoms with Gasteiger partial charge in [-0.3, -0.25) is 0 Å². The van der Waals surface area contributed by atoms with Crippen molar-refractivity contribution in [3.05, 3.63) is 48.4 Å². The molecule has 0 bridgehead atoms. The number of aryl methyl sites for hydroxylation is 1. The van der Waals surface area contributed by atoms with Gasteiger partial charge in [-0.25, -0.2) is 0 Å². The minimum atomic E-state index is -5.81. The topological polar surface area (TPSA) is 122 Å². The number of benzene rings is 1. The van der Waals surface area contributed by atoms with Gasteiger partial charge in [-0.05, 0) is 0 Å². The maximum absolute atomic E-state index is 12.5. The summed E-state index contributed by atoms with van der Waals surface area (Å²) in [5.74, 6) is -1.33. The van der Waals surface area contributed by atoms with E-state index in [0.29, 0.717) is 4.35 Å². The Kier molecular flexibility index (Phi) is 5.46. The molecule has 1 unspecified atom stereocenters. The number of carbonyl (C=O) groups excluding carboxylic acids is 1. The van der Waals surface area contributed by atoms with Crippen LogP contribution in [0.4, 0.5) is 13.2 Å². The van der Waals surface area contributed by atoms with Crippen LogP contribution in [0.15, 0.2) is 42.7 Å². The van der Waals surface area contributed by atoms with Crippen LogP contribution in [-0.4, -0.2) is 55.1 Å². The van der Waals surface area contributed by atoms with Gasteiger partial charge in [0.05, 0.1) is 0 Å². The van der Waals surface area contributed by atoms with Crippen molar-refractivity contribution in [1.29, 1.82) is 0 Å². The number of nitrogens with zero attached hydrogens (tertiary/aromatic N) is 4. The van der Waals surface area contributed by atoms with Crippen LogP contribution in [0.1, 0.15) is 10.5 Å². The van der Waals surface area contributed by atoms with Gasteiger partial charge in [0, 0.05) is 0 Å². The van der Waals surface area contributed by atoms with Crippen molar-refractivity contribution >= 4 is 40.6 Å². The normalized spacial score (nSPS) is 12.6. The fraction of sp³-hybridized carbons (Fsp3) is 0.133. The van der Waals surface area contributed by atoms with E-state index in [1.165, 1.54) is 23.0 Å². The number of nitrogens with two attached hydrogens (primary N) is 1. The second-order valence-electron chi connectivity index (χ2n) is 5.68. The minimum absolute atomic E-state index is 0.00453. The first kappa shape index (κ1) is 20.9. The molecular formula is C15H13AsF3N5O4S. The molecule has 0 aliphatic heterocycles. The molecule has 0 fully saturated rings. The maximum atomic E-state index is 12.5. The quantitative estimate of drug-likeness (QED) is 0.277. The Bertz CT molecular complexity index is 1170. The van der Waals surface area contributed by atoms with Gasteiger partial charge in [-0.15, -0.1) is 0 Å². The molecule has 0 spiro atoms. The molecular weight excluding hydrogens is 478 g/mol. The predicted octanol–water partition coefficient (Wildman–Crippen LogP) is -0.680. The van der Waals surface area contributed by atoms with Crippen LogP contribution in [0.2, 0.25) is 0 Å². The number of amides is 1. The first-order valence-electron chi connectivity index (χ1n) is 7.73. The number of hydrogen-bond acceptors (Lipinski definition) is 6. The third-order valence-corrected chi connectivity index (χ3v) is 6.90. The molecule has 1 amide bonds. The molecule has 9 nitrogen and oxygen atoms in total. The van der Waals surface area contributed by atoms with E-state index in [2.05, 4.69) is 14.4 Å². The number of alkyl halides is 3. The number of carbonyl (C=O) groups is 1. The van der Waals surface area contributed by atoms with E-state index in [0.717, 1.165) is 16.6 Å². The SMILES string of the molecule is Cn1ccc([AsH]c2cn(-c3cccc(OS(=O)(=O)C(F)(F)F)c3)nc2C(N)=O)n1. The molecule has 0 saturated heterocycles. The number of primary amides is 1. The second-order valence-corrected chi connectivity index (χ2v) is 9.95. The molecule has 29 heavy (non-hydrogen) atoms. The fourth-order valence-corrected chi connectivity index (χ4v) is 5.05. The standard InChI is InChI=1S/C15H13AsF3N5O4S/c1-23-6-5-12(21-23)16-11-8-24(22-13(11)14(20)25)9-3-2-4-10(7-9)28-29(26,27)15(17,18)19/h2-8,16H,1H3,(H2,20,25). The van der Waals surface area contributed by atoms with Gasteiger partial charge in [0.25, 0.3) is 0 Å². The van der Waals surface area contributed by atoms with Crippen LogP contribution in [0.3, 0.4) is 0 Å². The molecule has 1 atom stereocenters. The van der Waals surface area contributed by atoms with Crippen LogP contribution in [0, 0.1) is 0 Å². The number of rotatable bonds is 6. The fourth-order valence-electron chi connectivity index (χ4n) is 2.25. The summed E-state index contributed by atoms with van der Waals surface area (Å²) in [6.07, 6.45) is 3.25. The van der Waals surface area contributed by atoms with Crippen molar-refractivity contribution in [2.75, 3.05) is 0 Å². The molecule has 0 radical (unpaired) electrons. The summed E-state index contributed by atoms with van der Waals surface area (Å²) in [7, 11) is -4.07. The van der Waals surface area contributed by atoms with Crippen LogP contribution in [0.25, 0.3) is 5.69 Å². The molecule has 154 valence electrons. The molecule has 0 saturated carbocycles. The molecule has 1 aromatic carbocycles. The molecule has 0 aliphatic rings. The summed E-state index contributed by atoms with van der Waals surface area (Å²) < 4.78 is 68.2. The molecule has 2 N–H and O–H groups in total. The number of halogens is 3. The Labute approximate surface area is 169 Å². The van der Waals surface area contributed by atoms with E-state index >= 15 is 0 Å². The van der Waals surface area contributed by atoms with Crippen LogP contribution in [-0.2, 0) is 17.2 Å². The van der Waals surface area contributed by atoms with Gasteiger partial charge in [-0.2, -0.15) is 0 Å². The zero-order valence-electron chi connectivity index (χ0n) is 14.6. The monoisotopic (exact) mass is 491 g/mol. The first-order chi connectivity index (χ1) is 13.5. The van der Waals surface area contributed by atoms with Gasteiger partial charge in [0.1, 0.15) is 0 Å². The summed E-state index contributed by atoms with van der Waals surface area (Å²) in [5.41, 5.74) is 0.00194. The van der Waals surface area contributed by atoms with E-state index in [1.807, 2.05) is 0 Å². The summed E-state index contributed by atoms with van der Waals surface area (Å²) >= 11 is -1.07. The third kappa shape index (κ3) is 4.62. The van der Waals surface area contributed by atoms with Gasteiger partial charge < -0.3 is 0 Å². The zero-order valence-corrected chi connectivity index (χ0v) is 17.5. The van der Waals surface area contributed by atoms with Crippen molar-refractivity contribution < 1.29 is 30.6 Å².